The second kappa shape index (κ2) is 6.45. The van der Waals surface area contributed by atoms with E-state index in [-0.39, 0.29) is 0 Å². The van der Waals surface area contributed by atoms with E-state index in [1.807, 2.05) is 19.9 Å². The first kappa shape index (κ1) is 16.0. The average molecular weight is 345 g/mol. The predicted molar refractivity (Wildman–Crippen MR) is 105 cm³/mol. The van der Waals surface area contributed by atoms with Gasteiger partial charge in [0.15, 0.2) is 5.16 Å². The Morgan fingerprint density at radius 3 is 2.04 bits per heavy atom. The molecule has 0 aliphatic rings. The summed E-state index contributed by atoms with van der Waals surface area (Å²) < 4.78 is 0. The van der Waals surface area contributed by atoms with Crippen molar-refractivity contribution >= 4 is 33.4 Å². The van der Waals surface area contributed by atoms with Gasteiger partial charge >= 0.3 is 0 Å². The predicted octanol–water partition coefficient (Wildman–Crippen LogP) is 5.40. The maximum atomic E-state index is 4.90. The zero-order valence-corrected chi connectivity index (χ0v) is 15.4. The molecule has 0 atom stereocenters. The molecule has 0 spiro atoms. The lowest BCUT2D eigenvalue weighted by Gasteiger charge is -2.10. The molecule has 3 nitrogen and oxygen atoms in total. The molecule has 4 heteroatoms. The molecule has 2 heterocycles. The number of aromatic nitrogens is 3. The summed E-state index contributed by atoms with van der Waals surface area (Å²) in [7, 11) is 0. The van der Waals surface area contributed by atoms with Crippen LogP contribution in [-0.2, 0) is 5.75 Å². The number of rotatable bonds is 3. The Bertz CT molecular complexity index is 1070. The molecule has 0 aliphatic carbocycles. The van der Waals surface area contributed by atoms with Crippen LogP contribution in [0.2, 0.25) is 0 Å². The van der Waals surface area contributed by atoms with Crippen molar-refractivity contribution in [2.24, 2.45) is 0 Å². The molecule has 0 saturated carbocycles. The monoisotopic (exact) mass is 345 g/mol. The van der Waals surface area contributed by atoms with Crippen LogP contribution in [-0.4, -0.2) is 15.0 Å². The Morgan fingerprint density at radius 2 is 1.32 bits per heavy atom. The van der Waals surface area contributed by atoms with E-state index in [2.05, 4.69) is 59.4 Å². The van der Waals surface area contributed by atoms with E-state index in [9.17, 15) is 0 Å². The van der Waals surface area contributed by atoms with Crippen molar-refractivity contribution in [3.8, 4) is 0 Å². The van der Waals surface area contributed by atoms with E-state index >= 15 is 0 Å². The van der Waals surface area contributed by atoms with Crippen LogP contribution in [0, 0.1) is 20.8 Å². The lowest BCUT2D eigenvalue weighted by Crippen LogP contribution is -1.99. The van der Waals surface area contributed by atoms with Gasteiger partial charge in [0, 0.05) is 27.9 Å². The van der Waals surface area contributed by atoms with Crippen LogP contribution in [0.15, 0.2) is 53.7 Å². The number of thioether (sulfide) groups is 1. The van der Waals surface area contributed by atoms with Crippen LogP contribution in [0.5, 0.6) is 0 Å². The molecule has 2 aromatic heterocycles. The van der Waals surface area contributed by atoms with Crippen molar-refractivity contribution in [3.05, 3.63) is 71.2 Å². The third-order valence-corrected chi connectivity index (χ3v) is 5.50. The highest BCUT2D eigenvalue weighted by atomic mass is 32.2. The van der Waals surface area contributed by atoms with Gasteiger partial charge in [-0.25, -0.2) is 9.97 Å². The van der Waals surface area contributed by atoms with Crippen molar-refractivity contribution in [2.45, 2.75) is 31.7 Å². The van der Waals surface area contributed by atoms with Gasteiger partial charge in [0.2, 0.25) is 0 Å². The standard InChI is InChI=1S/C21H19N3S/c1-13-14(2)22-21(23-15(13)3)25-12-20-18-10-5-4-8-16(18)17-9-6-7-11-19(17)24-20/h4-11H,12H2,1-3H3. The van der Waals surface area contributed by atoms with Crippen LogP contribution >= 0.6 is 11.8 Å². The van der Waals surface area contributed by atoms with Crippen LogP contribution < -0.4 is 0 Å². The lowest BCUT2D eigenvalue weighted by atomic mass is 10.0. The molecular formula is C21H19N3S. The highest BCUT2D eigenvalue weighted by molar-refractivity contribution is 7.98. The molecule has 2 aromatic carbocycles. The van der Waals surface area contributed by atoms with E-state index in [1.165, 1.54) is 21.7 Å². The van der Waals surface area contributed by atoms with Crippen molar-refractivity contribution in [3.63, 3.8) is 0 Å². The van der Waals surface area contributed by atoms with E-state index < -0.39 is 0 Å². The van der Waals surface area contributed by atoms with Crippen molar-refractivity contribution in [1.29, 1.82) is 0 Å². The second-order valence-electron chi connectivity index (χ2n) is 6.21. The lowest BCUT2D eigenvalue weighted by molar-refractivity contribution is 0.880. The van der Waals surface area contributed by atoms with E-state index in [4.69, 9.17) is 4.98 Å². The zero-order chi connectivity index (χ0) is 17.4. The minimum atomic E-state index is 0.757. The molecule has 0 amide bonds. The molecule has 0 radical (unpaired) electrons. The first-order valence-corrected chi connectivity index (χ1v) is 9.33. The fourth-order valence-corrected chi connectivity index (χ4v) is 3.91. The zero-order valence-electron chi connectivity index (χ0n) is 14.6. The maximum absolute atomic E-state index is 4.90. The summed E-state index contributed by atoms with van der Waals surface area (Å²) in [5.41, 5.74) is 5.38. The van der Waals surface area contributed by atoms with E-state index in [1.54, 1.807) is 11.8 Å². The molecule has 4 aromatic rings. The number of benzene rings is 2. The number of fused-ring (bicyclic) bond motifs is 3. The van der Waals surface area contributed by atoms with E-state index in [0.717, 1.165) is 33.5 Å². The minimum absolute atomic E-state index is 0.757. The summed E-state index contributed by atoms with van der Waals surface area (Å²) in [5.74, 6) is 0.757. The molecular weight excluding hydrogens is 326 g/mol. The molecule has 25 heavy (non-hydrogen) atoms. The first-order valence-electron chi connectivity index (χ1n) is 8.34. The Kier molecular flexibility index (Phi) is 4.14. The quantitative estimate of drug-likeness (QED) is 0.283. The smallest absolute Gasteiger partial charge is 0.188 e. The molecule has 0 bridgehead atoms. The fraction of sp³-hybridized carbons (Fsp3) is 0.190. The normalized spacial score (nSPS) is 11.3. The number of pyridine rings is 1. The van der Waals surface area contributed by atoms with Gasteiger partial charge in [-0.15, -0.1) is 0 Å². The van der Waals surface area contributed by atoms with Gasteiger partial charge in [0.25, 0.3) is 0 Å². The van der Waals surface area contributed by atoms with Gasteiger partial charge in [0.1, 0.15) is 0 Å². The van der Waals surface area contributed by atoms with Crippen molar-refractivity contribution in [2.75, 3.05) is 0 Å². The van der Waals surface area contributed by atoms with Gasteiger partial charge in [-0.05, 0) is 37.8 Å². The van der Waals surface area contributed by atoms with Gasteiger partial charge in [-0.1, -0.05) is 54.2 Å². The van der Waals surface area contributed by atoms with Gasteiger partial charge in [-0.2, -0.15) is 0 Å². The van der Waals surface area contributed by atoms with Crippen LogP contribution in [0.3, 0.4) is 0 Å². The SMILES string of the molecule is Cc1nc(SCc2nc3ccccc3c3ccccc23)nc(C)c1C. The third-order valence-electron chi connectivity index (χ3n) is 4.64. The third kappa shape index (κ3) is 2.98. The molecule has 0 saturated heterocycles. The Labute approximate surface area is 151 Å². The van der Waals surface area contributed by atoms with Crippen molar-refractivity contribution in [1.82, 2.24) is 15.0 Å². The van der Waals surface area contributed by atoms with Gasteiger partial charge in [0.05, 0.1) is 11.2 Å². The maximum Gasteiger partial charge on any atom is 0.188 e. The highest BCUT2D eigenvalue weighted by Crippen LogP contribution is 2.30. The molecule has 0 unspecified atom stereocenters. The molecule has 0 fully saturated rings. The Balaban J connectivity index is 1.76. The Hall–Kier alpha value is -2.46. The molecule has 124 valence electrons. The summed E-state index contributed by atoms with van der Waals surface area (Å²) in [6, 6.07) is 16.8. The fourth-order valence-electron chi connectivity index (χ4n) is 3.02. The first-order chi connectivity index (χ1) is 12.1. The molecule has 4 rings (SSSR count). The van der Waals surface area contributed by atoms with Crippen LogP contribution in [0.4, 0.5) is 0 Å². The average Bonchev–Trinajstić information content (AvgIpc) is 2.64. The second-order valence-corrected chi connectivity index (χ2v) is 7.15. The summed E-state index contributed by atoms with van der Waals surface area (Å²) >= 11 is 1.65. The Morgan fingerprint density at radius 1 is 0.720 bits per heavy atom. The molecule has 0 N–H and O–H groups in total. The van der Waals surface area contributed by atoms with Crippen LogP contribution in [0.25, 0.3) is 21.7 Å². The topological polar surface area (TPSA) is 38.7 Å². The number of para-hydroxylation sites is 1. The summed E-state index contributed by atoms with van der Waals surface area (Å²) in [5, 5.41) is 4.47. The largest absolute Gasteiger partial charge is 0.251 e. The highest BCUT2D eigenvalue weighted by Gasteiger charge is 2.10. The number of hydrogen-bond donors (Lipinski definition) is 0. The molecule has 0 aliphatic heterocycles. The minimum Gasteiger partial charge on any atom is -0.251 e. The number of aryl methyl sites for hydroxylation is 2. The van der Waals surface area contributed by atoms with Crippen molar-refractivity contribution < 1.29 is 0 Å². The van der Waals surface area contributed by atoms with Crippen LogP contribution in [0.1, 0.15) is 22.6 Å². The summed E-state index contributed by atoms with van der Waals surface area (Å²) in [6.45, 7) is 6.15. The van der Waals surface area contributed by atoms with Gasteiger partial charge < -0.3 is 0 Å². The van der Waals surface area contributed by atoms with E-state index in [0.29, 0.717) is 0 Å². The number of hydrogen-bond acceptors (Lipinski definition) is 4. The van der Waals surface area contributed by atoms with Gasteiger partial charge in [-0.3, -0.25) is 4.98 Å². The summed E-state index contributed by atoms with van der Waals surface area (Å²) in [4.78, 5) is 14.1. The number of nitrogens with zero attached hydrogens (tertiary/aromatic N) is 3. The summed E-state index contributed by atoms with van der Waals surface area (Å²) in [6.07, 6.45) is 0.